The zero-order chi connectivity index (χ0) is 13.5. The second kappa shape index (κ2) is 7.50. The fourth-order valence-corrected chi connectivity index (χ4v) is 2.24. The molecule has 1 unspecified atom stereocenters. The number of hydrogen-bond acceptors (Lipinski definition) is 4. The minimum Gasteiger partial charge on any atom is -0.482 e. The van der Waals surface area contributed by atoms with Crippen molar-refractivity contribution >= 4 is 21.9 Å². The number of hydrogen-bond donors (Lipinski definition) is 0. The normalized spacial score (nSPS) is 18.9. The molecule has 5 heteroatoms. The van der Waals surface area contributed by atoms with Crippen LogP contribution < -0.4 is 4.74 Å². The average molecular weight is 329 g/mol. The van der Waals surface area contributed by atoms with Gasteiger partial charge in [0.15, 0.2) is 6.61 Å². The lowest BCUT2D eigenvalue weighted by molar-refractivity contribution is -0.151. The van der Waals surface area contributed by atoms with Gasteiger partial charge in [0, 0.05) is 11.1 Å². The molecule has 1 atom stereocenters. The Morgan fingerprint density at radius 3 is 3.05 bits per heavy atom. The first kappa shape index (κ1) is 14.3. The maximum absolute atomic E-state index is 11.5. The van der Waals surface area contributed by atoms with Crippen molar-refractivity contribution in [2.75, 3.05) is 19.8 Å². The average Bonchev–Trinajstić information content (AvgIpc) is 2.44. The van der Waals surface area contributed by atoms with Gasteiger partial charge >= 0.3 is 5.97 Å². The molecule has 1 fully saturated rings. The summed E-state index contributed by atoms with van der Waals surface area (Å²) in [7, 11) is 0. The molecule has 0 aliphatic carbocycles. The molecule has 19 heavy (non-hydrogen) atoms. The summed E-state index contributed by atoms with van der Waals surface area (Å²) in [5.74, 6) is 0.273. The summed E-state index contributed by atoms with van der Waals surface area (Å²) in [4.78, 5) is 11.5. The van der Waals surface area contributed by atoms with E-state index in [1.54, 1.807) is 12.1 Å². The molecule has 0 amide bonds. The van der Waals surface area contributed by atoms with E-state index in [-0.39, 0.29) is 18.7 Å². The fourth-order valence-electron chi connectivity index (χ4n) is 1.87. The van der Waals surface area contributed by atoms with Crippen LogP contribution in [0.25, 0.3) is 0 Å². The van der Waals surface area contributed by atoms with Gasteiger partial charge in [0.25, 0.3) is 0 Å². The van der Waals surface area contributed by atoms with Crippen LogP contribution >= 0.6 is 15.9 Å². The van der Waals surface area contributed by atoms with E-state index in [1.807, 2.05) is 12.1 Å². The third-order valence-corrected chi connectivity index (χ3v) is 3.35. The Hall–Kier alpha value is -1.07. The van der Waals surface area contributed by atoms with E-state index >= 15 is 0 Å². The van der Waals surface area contributed by atoms with Crippen LogP contribution in [0.4, 0.5) is 0 Å². The molecule has 0 N–H and O–H groups in total. The number of carbonyl (C=O) groups is 1. The van der Waals surface area contributed by atoms with Gasteiger partial charge in [-0.15, -0.1) is 0 Å². The van der Waals surface area contributed by atoms with Crippen molar-refractivity contribution in [1.29, 1.82) is 0 Å². The van der Waals surface area contributed by atoms with E-state index in [2.05, 4.69) is 15.9 Å². The Balaban J connectivity index is 1.66. The first-order valence-electron chi connectivity index (χ1n) is 6.39. The van der Waals surface area contributed by atoms with Crippen LogP contribution in [-0.4, -0.2) is 31.9 Å². The lowest BCUT2D eigenvalue weighted by Gasteiger charge is -2.22. The molecular weight excluding hydrogens is 312 g/mol. The summed E-state index contributed by atoms with van der Waals surface area (Å²) in [6.07, 6.45) is 3.23. The molecule has 0 spiro atoms. The Kier molecular flexibility index (Phi) is 5.66. The molecule has 0 aromatic heterocycles. The molecule has 1 aliphatic heterocycles. The Bertz CT molecular complexity index is 416. The van der Waals surface area contributed by atoms with E-state index in [0.29, 0.717) is 12.4 Å². The molecule has 1 saturated heterocycles. The van der Waals surface area contributed by atoms with Gasteiger partial charge < -0.3 is 14.2 Å². The smallest absolute Gasteiger partial charge is 0.344 e. The SMILES string of the molecule is O=C(COc1cccc(Br)c1)OCC1CCCCO1. The van der Waals surface area contributed by atoms with Crippen LogP contribution in [0.3, 0.4) is 0 Å². The van der Waals surface area contributed by atoms with Crippen LogP contribution in [0.2, 0.25) is 0 Å². The van der Waals surface area contributed by atoms with Gasteiger partial charge in [0.05, 0.1) is 6.10 Å². The van der Waals surface area contributed by atoms with Crippen molar-refractivity contribution < 1.29 is 19.0 Å². The van der Waals surface area contributed by atoms with Crippen LogP contribution in [-0.2, 0) is 14.3 Å². The first-order chi connectivity index (χ1) is 9.24. The molecule has 1 aromatic rings. The van der Waals surface area contributed by atoms with Crippen molar-refractivity contribution in [2.24, 2.45) is 0 Å². The highest BCUT2D eigenvalue weighted by molar-refractivity contribution is 9.10. The summed E-state index contributed by atoms with van der Waals surface area (Å²) in [6, 6.07) is 7.34. The van der Waals surface area contributed by atoms with Gasteiger partial charge in [0.1, 0.15) is 12.4 Å². The lowest BCUT2D eigenvalue weighted by Crippen LogP contribution is -2.27. The highest BCUT2D eigenvalue weighted by Crippen LogP contribution is 2.17. The maximum Gasteiger partial charge on any atom is 0.344 e. The van der Waals surface area contributed by atoms with Crippen LogP contribution in [0.5, 0.6) is 5.75 Å². The highest BCUT2D eigenvalue weighted by atomic mass is 79.9. The van der Waals surface area contributed by atoms with Gasteiger partial charge in [0.2, 0.25) is 0 Å². The predicted octanol–water partition coefficient (Wildman–Crippen LogP) is 2.94. The van der Waals surface area contributed by atoms with Gasteiger partial charge in [-0.3, -0.25) is 0 Å². The summed E-state index contributed by atoms with van der Waals surface area (Å²) < 4.78 is 16.9. The van der Waals surface area contributed by atoms with E-state index in [4.69, 9.17) is 14.2 Å². The molecule has 0 saturated carbocycles. The monoisotopic (exact) mass is 328 g/mol. The summed E-state index contributed by atoms with van der Waals surface area (Å²) >= 11 is 3.34. The van der Waals surface area contributed by atoms with Gasteiger partial charge in [-0.1, -0.05) is 22.0 Å². The van der Waals surface area contributed by atoms with Gasteiger partial charge in [-0.05, 0) is 37.5 Å². The van der Waals surface area contributed by atoms with Crippen LogP contribution in [0.1, 0.15) is 19.3 Å². The molecule has 104 valence electrons. The molecule has 1 aromatic carbocycles. The van der Waals surface area contributed by atoms with Crippen LogP contribution in [0, 0.1) is 0 Å². The molecule has 2 rings (SSSR count). The standard InChI is InChI=1S/C14H17BrO4/c15-11-4-3-6-12(8-11)18-10-14(16)19-9-13-5-1-2-7-17-13/h3-4,6,8,13H,1-2,5,7,9-10H2. The minimum atomic E-state index is -0.367. The molecule has 0 bridgehead atoms. The summed E-state index contributed by atoms with van der Waals surface area (Å²) in [5, 5.41) is 0. The predicted molar refractivity (Wildman–Crippen MR) is 74.2 cm³/mol. The highest BCUT2D eigenvalue weighted by Gasteiger charge is 2.16. The number of esters is 1. The van der Waals surface area contributed by atoms with E-state index in [1.165, 1.54) is 0 Å². The zero-order valence-electron chi connectivity index (χ0n) is 10.6. The van der Waals surface area contributed by atoms with Gasteiger partial charge in [-0.25, -0.2) is 4.79 Å². The Labute approximate surface area is 121 Å². The second-order valence-corrected chi connectivity index (χ2v) is 5.33. The quantitative estimate of drug-likeness (QED) is 0.779. The first-order valence-corrected chi connectivity index (χ1v) is 7.19. The molecule has 0 radical (unpaired) electrons. The van der Waals surface area contributed by atoms with E-state index in [9.17, 15) is 4.79 Å². The van der Waals surface area contributed by atoms with Crippen molar-refractivity contribution in [3.8, 4) is 5.75 Å². The molecule has 1 heterocycles. The summed E-state index contributed by atoms with van der Waals surface area (Å²) in [6.45, 7) is 1.00. The third kappa shape index (κ3) is 5.20. The number of benzene rings is 1. The molecule has 4 nitrogen and oxygen atoms in total. The number of ether oxygens (including phenoxy) is 3. The topological polar surface area (TPSA) is 44.8 Å². The van der Waals surface area contributed by atoms with E-state index in [0.717, 1.165) is 30.3 Å². The summed E-state index contributed by atoms with van der Waals surface area (Å²) in [5.41, 5.74) is 0. The van der Waals surface area contributed by atoms with Crippen molar-refractivity contribution in [3.05, 3.63) is 28.7 Å². The third-order valence-electron chi connectivity index (χ3n) is 2.86. The Morgan fingerprint density at radius 2 is 2.32 bits per heavy atom. The van der Waals surface area contributed by atoms with E-state index < -0.39 is 0 Å². The van der Waals surface area contributed by atoms with Crippen molar-refractivity contribution in [1.82, 2.24) is 0 Å². The largest absolute Gasteiger partial charge is 0.482 e. The van der Waals surface area contributed by atoms with Crippen molar-refractivity contribution in [2.45, 2.75) is 25.4 Å². The maximum atomic E-state index is 11.5. The lowest BCUT2D eigenvalue weighted by atomic mass is 10.1. The Morgan fingerprint density at radius 1 is 1.42 bits per heavy atom. The number of halogens is 1. The fraction of sp³-hybridized carbons (Fsp3) is 0.500. The number of rotatable bonds is 5. The van der Waals surface area contributed by atoms with Crippen molar-refractivity contribution in [3.63, 3.8) is 0 Å². The van der Waals surface area contributed by atoms with Crippen LogP contribution in [0.15, 0.2) is 28.7 Å². The molecular formula is C14H17BrO4. The number of carbonyl (C=O) groups excluding carboxylic acids is 1. The van der Waals surface area contributed by atoms with Gasteiger partial charge in [-0.2, -0.15) is 0 Å². The zero-order valence-corrected chi connectivity index (χ0v) is 12.2. The minimum absolute atomic E-state index is 0.0450. The second-order valence-electron chi connectivity index (χ2n) is 4.42. The molecule has 1 aliphatic rings.